The summed E-state index contributed by atoms with van der Waals surface area (Å²) < 4.78 is 24.8. The van der Waals surface area contributed by atoms with Crippen LogP contribution in [-0.2, 0) is 14.3 Å². The van der Waals surface area contributed by atoms with Gasteiger partial charge in [0, 0.05) is 29.9 Å². The zero-order chi connectivity index (χ0) is 21.0. The summed E-state index contributed by atoms with van der Waals surface area (Å²) in [6, 6.07) is 5.73. The number of aromatic nitrogens is 1. The SMILES string of the molecule is CCOC(=O)c1c(C)[nH]c(C(=O)C(=O)NN2CCOCC2)c1-c1ccccc1F. The van der Waals surface area contributed by atoms with Crippen molar-refractivity contribution >= 4 is 17.7 Å². The molecule has 2 heterocycles. The van der Waals surface area contributed by atoms with Crippen LogP contribution in [0.25, 0.3) is 11.1 Å². The first-order valence-electron chi connectivity index (χ1n) is 9.26. The monoisotopic (exact) mass is 403 g/mol. The molecule has 0 atom stereocenters. The van der Waals surface area contributed by atoms with Crippen molar-refractivity contribution in [1.82, 2.24) is 15.4 Å². The Labute approximate surface area is 166 Å². The number of ketones is 1. The Bertz CT molecular complexity index is 934. The van der Waals surface area contributed by atoms with Crippen LogP contribution in [0.15, 0.2) is 24.3 Å². The predicted octanol–water partition coefficient (Wildman–Crippen LogP) is 1.85. The van der Waals surface area contributed by atoms with E-state index >= 15 is 0 Å². The Hall–Kier alpha value is -3.04. The van der Waals surface area contributed by atoms with Crippen molar-refractivity contribution in [3.8, 4) is 11.1 Å². The fourth-order valence-corrected chi connectivity index (χ4v) is 3.17. The van der Waals surface area contributed by atoms with Crippen LogP contribution in [0.1, 0.15) is 33.5 Å². The lowest BCUT2D eigenvalue weighted by Gasteiger charge is -2.26. The smallest absolute Gasteiger partial charge is 0.340 e. The van der Waals surface area contributed by atoms with E-state index in [1.165, 1.54) is 18.2 Å². The second-order valence-corrected chi connectivity index (χ2v) is 6.44. The molecule has 1 aliphatic rings. The average Bonchev–Trinajstić information content (AvgIpc) is 3.05. The molecular weight excluding hydrogens is 381 g/mol. The summed E-state index contributed by atoms with van der Waals surface area (Å²) in [5, 5.41) is 1.58. The van der Waals surface area contributed by atoms with Crippen LogP contribution in [0.5, 0.6) is 0 Å². The van der Waals surface area contributed by atoms with Crippen LogP contribution in [0, 0.1) is 12.7 Å². The maximum Gasteiger partial charge on any atom is 0.340 e. The van der Waals surface area contributed by atoms with Crippen molar-refractivity contribution in [1.29, 1.82) is 0 Å². The van der Waals surface area contributed by atoms with Crippen molar-refractivity contribution in [2.45, 2.75) is 13.8 Å². The van der Waals surface area contributed by atoms with Crippen molar-refractivity contribution in [3.63, 3.8) is 0 Å². The molecule has 1 aromatic carbocycles. The number of hydrazine groups is 1. The number of amides is 1. The molecular formula is C20H22FN3O5. The Morgan fingerprint density at radius 3 is 2.59 bits per heavy atom. The van der Waals surface area contributed by atoms with E-state index in [0.717, 1.165) is 0 Å². The molecule has 0 aliphatic carbocycles. The van der Waals surface area contributed by atoms with Gasteiger partial charge in [0.05, 0.1) is 25.4 Å². The summed E-state index contributed by atoms with van der Waals surface area (Å²) in [4.78, 5) is 40.7. The lowest BCUT2D eigenvalue weighted by atomic mass is 9.98. The quantitative estimate of drug-likeness (QED) is 0.434. The third-order valence-electron chi connectivity index (χ3n) is 4.51. The average molecular weight is 403 g/mol. The molecule has 0 bridgehead atoms. The van der Waals surface area contributed by atoms with Crippen molar-refractivity contribution < 1.29 is 28.2 Å². The third-order valence-corrected chi connectivity index (χ3v) is 4.51. The van der Waals surface area contributed by atoms with Gasteiger partial charge in [0.2, 0.25) is 0 Å². The lowest BCUT2D eigenvalue weighted by molar-refractivity contribution is -0.123. The Morgan fingerprint density at radius 1 is 1.24 bits per heavy atom. The molecule has 0 radical (unpaired) electrons. The van der Waals surface area contributed by atoms with E-state index in [0.29, 0.717) is 32.0 Å². The summed E-state index contributed by atoms with van der Waals surface area (Å²) in [5.74, 6) is -3.12. The van der Waals surface area contributed by atoms with Crippen LogP contribution >= 0.6 is 0 Å². The van der Waals surface area contributed by atoms with E-state index in [9.17, 15) is 18.8 Å². The molecule has 1 amide bonds. The highest BCUT2D eigenvalue weighted by molar-refractivity contribution is 6.43. The van der Waals surface area contributed by atoms with Crippen molar-refractivity contribution in [2.24, 2.45) is 0 Å². The highest BCUT2D eigenvalue weighted by atomic mass is 19.1. The standard InChI is InChI=1S/C20H22FN3O5/c1-3-29-20(27)15-12(2)22-17(16(15)13-6-4-5-7-14(13)21)18(25)19(26)23-24-8-10-28-11-9-24/h4-7,22H,3,8-11H2,1-2H3,(H,23,26). The summed E-state index contributed by atoms with van der Waals surface area (Å²) in [5.41, 5.74) is 2.74. The van der Waals surface area contributed by atoms with Gasteiger partial charge in [-0.2, -0.15) is 0 Å². The van der Waals surface area contributed by atoms with E-state index in [1.807, 2.05) is 0 Å². The number of halogens is 1. The van der Waals surface area contributed by atoms with Crippen molar-refractivity contribution in [2.75, 3.05) is 32.9 Å². The van der Waals surface area contributed by atoms with Crippen molar-refractivity contribution in [3.05, 3.63) is 47.0 Å². The number of nitrogens with zero attached hydrogens (tertiary/aromatic N) is 1. The summed E-state index contributed by atoms with van der Waals surface area (Å²) in [6.07, 6.45) is 0. The van der Waals surface area contributed by atoms with Crippen LogP contribution < -0.4 is 5.43 Å². The molecule has 8 nitrogen and oxygen atoms in total. The third kappa shape index (κ3) is 4.36. The number of carbonyl (C=O) groups excluding carboxylic acids is 3. The van der Waals surface area contributed by atoms with Gasteiger partial charge in [-0.3, -0.25) is 15.0 Å². The zero-order valence-electron chi connectivity index (χ0n) is 16.2. The summed E-state index contributed by atoms with van der Waals surface area (Å²) in [7, 11) is 0. The normalized spacial score (nSPS) is 14.4. The summed E-state index contributed by atoms with van der Waals surface area (Å²) >= 11 is 0. The second-order valence-electron chi connectivity index (χ2n) is 6.44. The van der Waals surface area contributed by atoms with E-state index in [-0.39, 0.29) is 29.0 Å². The van der Waals surface area contributed by atoms with Gasteiger partial charge < -0.3 is 14.5 Å². The van der Waals surface area contributed by atoms with Crippen LogP contribution in [0.4, 0.5) is 4.39 Å². The fourth-order valence-electron chi connectivity index (χ4n) is 3.17. The van der Waals surface area contributed by atoms with E-state index in [1.54, 1.807) is 24.9 Å². The number of aryl methyl sites for hydroxylation is 1. The number of esters is 1. The molecule has 1 aliphatic heterocycles. The molecule has 0 unspecified atom stereocenters. The molecule has 1 fully saturated rings. The molecule has 1 aromatic heterocycles. The number of hydrogen-bond donors (Lipinski definition) is 2. The van der Waals surface area contributed by atoms with E-state index < -0.39 is 23.5 Å². The number of ether oxygens (including phenoxy) is 2. The number of H-pyrrole nitrogens is 1. The first-order chi connectivity index (χ1) is 13.9. The number of Topliss-reactive ketones (excluding diaryl/α,β-unsaturated/α-hetero) is 1. The molecule has 154 valence electrons. The van der Waals surface area contributed by atoms with Gasteiger partial charge in [0.25, 0.3) is 5.78 Å². The van der Waals surface area contributed by atoms with Crippen LogP contribution in [0.2, 0.25) is 0 Å². The minimum Gasteiger partial charge on any atom is -0.462 e. The fraction of sp³-hybridized carbons (Fsp3) is 0.350. The highest BCUT2D eigenvalue weighted by Gasteiger charge is 2.31. The number of morpholine rings is 1. The maximum absolute atomic E-state index is 14.5. The minimum absolute atomic E-state index is 0.0150. The topological polar surface area (TPSA) is 101 Å². The predicted molar refractivity (Wildman–Crippen MR) is 102 cm³/mol. The second kappa shape index (κ2) is 8.97. The van der Waals surface area contributed by atoms with Gasteiger partial charge in [-0.15, -0.1) is 0 Å². The lowest BCUT2D eigenvalue weighted by Crippen LogP contribution is -2.50. The molecule has 0 saturated carbocycles. The van der Waals surface area contributed by atoms with Gasteiger partial charge in [-0.25, -0.2) is 14.2 Å². The molecule has 1 saturated heterocycles. The zero-order valence-corrected chi connectivity index (χ0v) is 16.2. The molecule has 3 rings (SSSR count). The molecule has 29 heavy (non-hydrogen) atoms. The first kappa shape index (κ1) is 20.7. The van der Waals surface area contributed by atoms with Gasteiger partial charge in [0.15, 0.2) is 0 Å². The molecule has 2 N–H and O–H groups in total. The Balaban J connectivity index is 2.02. The number of carbonyl (C=O) groups is 3. The van der Waals surface area contributed by atoms with Gasteiger partial charge >= 0.3 is 11.9 Å². The number of rotatable bonds is 6. The Kier molecular flexibility index (Phi) is 6.40. The van der Waals surface area contributed by atoms with Crippen LogP contribution in [0.3, 0.4) is 0 Å². The minimum atomic E-state index is -0.909. The summed E-state index contributed by atoms with van der Waals surface area (Å²) in [6.45, 7) is 5.07. The number of hydrogen-bond acceptors (Lipinski definition) is 6. The number of aromatic amines is 1. The number of benzene rings is 1. The van der Waals surface area contributed by atoms with Gasteiger partial charge in [-0.1, -0.05) is 18.2 Å². The van der Waals surface area contributed by atoms with E-state index in [2.05, 4.69) is 10.4 Å². The highest BCUT2D eigenvalue weighted by Crippen LogP contribution is 2.33. The van der Waals surface area contributed by atoms with E-state index in [4.69, 9.17) is 9.47 Å². The Morgan fingerprint density at radius 2 is 1.93 bits per heavy atom. The molecule has 9 heteroatoms. The first-order valence-corrected chi connectivity index (χ1v) is 9.26. The maximum atomic E-state index is 14.5. The van der Waals surface area contributed by atoms with Crippen LogP contribution in [-0.4, -0.2) is 60.6 Å². The number of nitrogens with one attached hydrogen (secondary N) is 2. The van der Waals surface area contributed by atoms with Gasteiger partial charge in [0.1, 0.15) is 11.5 Å². The molecule has 0 spiro atoms. The molecule has 2 aromatic rings. The largest absolute Gasteiger partial charge is 0.462 e. The van der Waals surface area contributed by atoms with Gasteiger partial charge in [-0.05, 0) is 19.9 Å².